The molecule has 1 aliphatic carbocycles. The first-order valence-corrected chi connectivity index (χ1v) is 7.20. The molecule has 1 aromatic carbocycles. The van der Waals surface area contributed by atoms with E-state index in [9.17, 15) is 10.4 Å². The highest BCUT2D eigenvalue weighted by molar-refractivity contribution is 5.92. The zero-order chi connectivity index (χ0) is 15.2. The SMILES string of the molecule is N#C[C@]1(c2cccc(-c3ccnc4[nH]ncc34)c2)C[C@@H](O)C1. The van der Waals surface area contributed by atoms with Gasteiger partial charge in [-0.2, -0.15) is 10.4 Å². The fourth-order valence-electron chi connectivity index (χ4n) is 3.22. The maximum Gasteiger partial charge on any atom is 0.155 e. The van der Waals surface area contributed by atoms with Crippen LogP contribution in [0.2, 0.25) is 0 Å². The van der Waals surface area contributed by atoms with E-state index < -0.39 is 5.41 Å². The molecular formula is C17H14N4O. The molecule has 1 saturated carbocycles. The third-order valence-corrected chi connectivity index (χ3v) is 4.46. The van der Waals surface area contributed by atoms with Crippen LogP contribution in [0.4, 0.5) is 0 Å². The van der Waals surface area contributed by atoms with E-state index in [1.165, 1.54) is 0 Å². The number of rotatable bonds is 2. The second-order valence-corrected chi connectivity index (χ2v) is 5.83. The lowest BCUT2D eigenvalue weighted by molar-refractivity contribution is 0.0447. The lowest BCUT2D eigenvalue weighted by Crippen LogP contribution is -2.43. The van der Waals surface area contributed by atoms with Crippen molar-refractivity contribution < 1.29 is 5.11 Å². The lowest BCUT2D eigenvalue weighted by atomic mass is 9.63. The molecule has 4 rings (SSSR count). The van der Waals surface area contributed by atoms with Crippen molar-refractivity contribution >= 4 is 11.0 Å². The fourth-order valence-corrected chi connectivity index (χ4v) is 3.22. The van der Waals surface area contributed by atoms with Gasteiger partial charge in [0, 0.05) is 11.6 Å². The van der Waals surface area contributed by atoms with Crippen LogP contribution in [-0.4, -0.2) is 26.4 Å². The van der Waals surface area contributed by atoms with Crippen molar-refractivity contribution in [2.75, 3.05) is 0 Å². The van der Waals surface area contributed by atoms with Gasteiger partial charge >= 0.3 is 0 Å². The maximum absolute atomic E-state index is 9.60. The van der Waals surface area contributed by atoms with E-state index >= 15 is 0 Å². The molecule has 5 nitrogen and oxygen atoms in total. The summed E-state index contributed by atoms with van der Waals surface area (Å²) in [5, 5.41) is 27.0. The fraction of sp³-hybridized carbons (Fsp3) is 0.235. The van der Waals surface area contributed by atoms with Crippen LogP contribution in [0.5, 0.6) is 0 Å². The monoisotopic (exact) mass is 290 g/mol. The van der Waals surface area contributed by atoms with Crippen LogP contribution in [0.1, 0.15) is 18.4 Å². The van der Waals surface area contributed by atoms with Crippen molar-refractivity contribution in [3.63, 3.8) is 0 Å². The minimum Gasteiger partial charge on any atom is -0.393 e. The van der Waals surface area contributed by atoms with Crippen LogP contribution in [0.15, 0.2) is 42.7 Å². The third kappa shape index (κ3) is 1.81. The molecule has 2 N–H and O–H groups in total. The highest BCUT2D eigenvalue weighted by atomic mass is 16.3. The Labute approximate surface area is 127 Å². The number of nitriles is 1. The Morgan fingerprint density at radius 1 is 1.32 bits per heavy atom. The normalized spacial score (nSPS) is 23.9. The quantitative estimate of drug-likeness (QED) is 0.759. The molecule has 1 fully saturated rings. The van der Waals surface area contributed by atoms with Crippen LogP contribution in [0.3, 0.4) is 0 Å². The van der Waals surface area contributed by atoms with Crippen molar-refractivity contribution in [2.24, 2.45) is 0 Å². The van der Waals surface area contributed by atoms with Gasteiger partial charge in [-0.1, -0.05) is 18.2 Å². The Bertz CT molecular complexity index is 887. The lowest BCUT2D eigenvalue weighted by Gasteiger charge is -2.40. The van der Waals surface area contributed by atoms with E-state index in [0.29, 0.717) is 12.8 Å². The standard InChI is InChI=1S/C17H14N4O/c18-10-17(7-13(22)8-17)12-3-1-2-11(6-12)14-4-5-19-16-15(14)9-20-21-16/h1-6,9,13,22H,7-8H2,(H,19,20,21)/t13-,17+. The smallest absolute Gasteiger partial charge is 0.155 e. The maximum atomic E-state index is 9.60. The number of hydrogen-bond acceptors (Lipinski definition) is 4. The molecule has 1 aliphatic rings. The minimum absolute atomic E-state index is 0.371. The topological polar surface area (TPSA) is 85.6 Å². The number of aliphatic hydroxyl groups is 1. The third-order valence-electron chi connectivity index (χ3n) is 4.46. The van der Waals surface area contributed by atoms with Crippen molar-refractivity contribution in [3.8, 4) is 17.2 Å². The van der Waals surface area contributed by atoms with Gasteiger partial charge in [-0.3, -0.25) is 5.10 Å². The van der Waals surface area contributed by atoms with Crippen LogP contribution in [-0.2, 0) is 5.41 Å². The summed E-state index contributed by atoms with van der Waals surface area (Å²) in [5.74, 6) is 0. The number of nitrogens with one attached hydrogen (secondary N) is 1. The summed E-state index contributed by atoms with van der Waals surface area (Å²) in [6, 6.07) is 12.3. The van der Waals surface area contributed by atoms with Crippen LogP contribution in [0, 0.1) is 11.3 Å². The van der Waals surface area contributed by atoms with Gasteiger partial charge in [0.25, 0.3) is 0 Å². The largest absolute Gasteiger partial charge is 0.393 e. The van der Waals surface area contributed by atoms with Crippen molar-refractivity contribution in [2.45, 2.75) is 24.4 Å². The minimum atomic E-state index is -0.558. The molecule has 2 heterocycles. The Morgan fingerprint density at radius 3 is 2.95 bits per heavy atom. The predicted octanol–water partition coefficient (Wildman–Crippen LogP) is 2.54. The molecule has 2 aromatic heterocycles. The average molecular weight is 290 g/mol. The van der Waals surface area contributed by atoms with Crippen molar-refractivity contribution in [3.05, 3.63) is 48.3 Å². The summed E-state index contributed by atoms with van der Waals surface area (Å²) >= 11 is 0. The molecule has 0 atom stereocenters. The second-order valence-electron chi connectivity index (χ2n) is 5.83. The predicted molar refractivity (Wildman–Crippen MR) is 81.9 cm³/mol. The Kier molecular flexibility index (Phi) is 2.75. The van der Waals surface area contributed by atoms with Gasteiger partial charge in [0.05, 0.1) is 23.8 Å². The van der Waals surface area contributed by atoms with Crippen molar-refractivity contribution in [1.82, 2.24) is 15.2 Å². The van der Waals surface area contributed by atoms with Crippen LogP contribution < -0.4 is 0 Å². The van der Waals surface area contributed by atoms with Gasteiger partial charge in [-0.05, 0) is 41.7 Å². The number of aromatic nitrogens is 3. The van der Waals surface area contributed by atoms with E-state index in [4.69, 9.17) is 0 Å². The number of pyridine rings is 1. The molecule has 5 heteroatoms. The highest BCUT2D eigenvalue weighted by Crippen LogP contribution is 2.44. The van der Waals surface area contributed by atoms with E-state index in [1.807, 2.05) is 30.3 Å². The molecular weight excluding hydrogens is 276 g/mol. The van der Waals surface area contributed by atoms with Gasteiger partial charge < -0.3 is 5.11 Å². The number of aromatic amines is 1. The van der Waals surface area contributed by atoms with Gasteiger partial charge in [0.2, 0.25) is 0 Å². The number of aliphatic hydroxyl groups excluding tert-OH is 1. The summed E-state index contributed by atoms with van der Waals surface area (Å²) < 4.78 is 0. The Morgan fingerprint density at radius 2 is 2.18 bits per heavy atom. The summed E-state index contributed by atoms with van der Waals surface area (Å²) in [7, 11) is 0. The summed E-state index contributed by atoms with van der Waals surface area (Å²) in [6.07, 6.45) is 4.15. The van der Waals surface area contributed by atoms with E-state index in [2.05, 4.69) is 21.3 Å². The van der Waals surface area contributed by atoms with Gasteiger partial charge in [0.1, 0.15) is 0 Å². The van der Waals surface area contributed by atoms with Crippen LogP contribution >= 0.6 is 0 Å². The number of nitrogens with zero attached hydrogens (tertiary/aromatic N) is 3. The van der Waals surface area contributed by atoms with E-state index in [-0.39, 0.29) is 6.10 Å². The van der Waals surface area contributed by atoms with Crippen molar-refractivity contribution in [1.29, 1.82) is 5.26 Å². The van der Waals surface area contributed by atoms with Gasteiger partial charge in [-0.25, -0.2) is 4.98 Å². The molecule has 3 aromatic rings. The zero-order valence-corrected chi connectivity index (χ0v) is 11.8. The molecule has 22 heavy (non-hydrogen) atoms. The highest BCUT2D eigenvalue weighted by Gasteiger charge is 2.45. The zero-order valence-electron chi connectivity index (χ0n) is 11.8. The molecule has 0 amide bonds. The van der Waals surface area contributed by atoms with E-state index in [1.54, 1.807) is 12.4 Å². The van der Waals surface area contributed by atoms with Gasteiger partial charge in [-0.15, -0.1) is 0 Å². The number of hydrogen-bond donors (Lipinski definition) is 2. The summed E-state index contributed by atoms with van der Waals surface area (Å²) in [5.41, 5.74) is 3.22. The first-order chi connectivity index (χ1) is 10.7. The molecule has 0 saturated heterocycles. The second kappa shape index (κ2) is 4.65. The summed E-state index contributed by atoms with van der Waals surface area (Å²) in [4.78, 5) is 4.25. The van der Waals surface area contributed by atoms with Crippen LogP contribution in [0.25, 0.3) is 22.2 Å². The Balaban J connectivity index is 1.83. The van der Waals surface area contributed by atoms with Gasteiger partial charge in [0.15, 0.2) is 5.65 Å². The molecule has 108 valence electrons. The molecule has 0 bridgehead atoms. The number of fused-ring (bicyclic) bond motifs is 1. The number of benzene rings is 1. The molecule has 0 unspecified atom stereocenters. The first kappa shape index (κ1) is 13.0. The Hall–Kier alpha value is -2.71. The summed E-state index contributed by atoms with van der Waals surface area (Å²) in [6.45, 7) is 0. The average Bonchev–Trinajstić information content (AvgIpc) is 3.00. The molecule has 0 spiro atoms. The van der Waals surface area contributed by atoms with E-state index in [0.717, 1.165) is 27.7 Å². The first-order valence-electron chi connectivity index (χ1n) is 7.20. The number of H-pyrrole nitrogens is 1. The molecule has 0 radical (unpaired) electrons. The molecule has 0 aliphatic heterocycles.